The van der Waals surface area contributed by atoms with Crippen LogP contribution in [0.3, 0.4) is 0 Å². The molecule has 0 saturated carbocycles. The maximum atomic E-state index is 10.1. The number of thioether (sulfide) groups is 1. The molecule has 9 N–H and O–H groups in total. The molecule has 0 aromatic heterocycles. The lowest BCUT2D eigenvalue weighted by Gasteiger charge is -2.02. The van der Waals surface area contributed by atoms with E-state index in [0.717, 1.165) is 11.8 Å². The van der Waals surface area contributed by atoms with Crippen molar-refractivity contribution in [2.75, 3.05) is 11.5 Å². The molecule has 80 valence electrons. The van der Waals surface area contributed by atoms with E-state index in [1.54, 1.807) is 0 Å². The Morgan fingerprint density at radius 1 is 1.38 bits per heavy atom. The Morgan fingerprint density at radius 3 is 2.15 bits per heavy atom. The Hall–Kier alpha value is -0.830. The molecule has 0 radical (unpaired) electrons. The fourth-order valence-electron chi connectivity index (χ4n) is 0.344. The molecule has 13 heavy (non-hydrogen) atoms. The summed E-state index contributed by atoms with van der Waals surface area (Å²) >= 11 is 0.992. The third-order valence-electron chi connectivity index (χ3n) is 0.840. The zero-order chi connectivity index (χ0) is 8.85. The first-order valence-electron chi connectivity index (χ1n) is 2.82. The topological polar surface area (TPSA) is 167 Å². The van der Waals surface area contributed by atoms with Gasteiger partial charge in [0.1, 0.15) is 6.04 Å². The largest absolute Gasteiger partial charge is 0.481 e. The lowest BCUT2D eigenvalue weighted by atomic mass is 10.4. The molecule has 0 aliphatic heterocycles. The van der Waals surface area contributed by atoms with Crippen molar-refractivity contribution < 1.29 is 25.3 Å². The maximum absolute atomic E-state index is 10.1. The molecule has 0 aromatic rings. The molecule has 0 fully saturated rings. The van der Waals surface area contributed by atoms with Gasteiger partial charge in [-0.2, -0.15) is 0 Å². The fraction of sp³-hybridized carbons (Fsp3) is 0.600. The minimum Gasteiger partial charge on any atom is -0.481 e. The van der Waals surface area contributed by atoms with Crippen molar-refractivity contribution in [3.8, 4) is 0 Å². The second-order valence-electron chi connectivity index (χ2n) is 1.85. The minimum absolute atomic E-state index is 0. The minimum atomic E-state index is -1.11. The molecule has 8 heteroatoms. The van der Waals surface area contributed by atoms with Gasteiger partial charge in [-0.15, -0.1) is 11.8 Å². The van der Waals surface area contributed by atoms with Crippen LogP contribution in [0.1, 0.15) is 0 Å². The first-order chi connectivity index (χ1) is 5.04. The van der Waals surface area contributed by atoms with Crippen LogP contribution in [-0.4, -0.2) is 45.2 Å². The van der Waals surface area contributed by atoms with Gasteiger partial charge in [-0.1, -0.05) is 0 Å². The summed E-state index contributed by atoms with van der Waals surface area (Å²) in [5.41, 5.74) is 5.09. The number of carboxylic acids is 2. The van der Waals surface area contributed by atoms with E-state index in [1.807, 2.05) is 0 Å². The number of aliphatic carboxylic acids is 2. The van der Waals surface area contributed by atoms with Crippen molar-refractivity contribution in [3.63, 3.8) is 0 Å². The van der Waals surface area contributed by atoms with Crippen LogP contribution < -0.4 is 11.9 Å². The van der Waals surface area contributed by atoms with E-state index in [-0.39, 0.29) is 23.1 Å². The summed E-state index contributed by atoms with van der Waals surface area (Å²) in [6.07, 6.45) is 0. The monoisotopic (exact) mass is 214 g/mol. The predicted octanol–water partition coefficient (Wildman–Crippen LogP) is -1.45. The van der Waals surface area contributed by atoms with Gasteiger partial charge in [-0.05, 0) is 0 Å². The molecule has 0 aliphatic carbocycles. The standard InChI is InChI=1S/C5H9NO4S.H3N.H2O/c6-3(5(9)10)1-11-2-4(7)8;;/h3H,1-2,6H2,(H,7,8)(H,9,10);1H3;1H2. The molecule has 1 atom stereocenters. The summed E-state index contributed by atoms with van der Waals surface area (Å²) in [5, 5.41) is 16.4. The first-order valence-corrected chi connectivity index (χ1v) is 3.97. The van der Waals surface area contributed by atoms with Crippen molar-refractivity contribution in [2.24, 2.45) is 5.73 Å². The normalized spacial score (nSPS) is 10.5. The number of carbonyl (C=O) groups is 2. The molecule has 1 unspecified atom stereocenters. The number of carboxylic acid groups (broad SMARTS) is 2. The molecule has 0 saturated heterocycles. The van der Waals surface area contributed by atoms with Crippen LogP contribution in [0.5, 0.6) is 0 Å². The summed E-state index contributed by atoms with van der Waals surface area (Å²) in [6.45, 7) is 0. The maximum Gasteiger partial charge on any atom is 0.321 e. The summed E-state index contributed by atoms with van der Waals surface area (Å²) in [7, 11) is 0. The van der Waals surface area contributed by atoms with E-state index in [1.165, 1.54) is 0 Å². The smallest absolute Gasteiger partial charge is 0.321 e. The van der Waals surface area contributed by atoms with Crippen LogP contribution in [-0.2, 0) is 9.59 Å². The molecule has 0 amide bonds. The number of hydrogen-bond acceptors (Lipinski definition) is 5. The predicted molar refractivity (Wildman–Crippen MR) is 49.2 cm³/mol. The highest BCUT2D eigenvalue weighted by atomic mass is 32.2. The summed E-state index contributed by atoms with van der Waals surface area (Å²) in [4.78, 5) is 20.0. The molecule has 0 aliphatic rings. The van der Waals surface area contributed by atoms with Crippen LogP contribution in [0.25, 0.3) is 0 Å². The average Bonchev–Trinajstić information content (AvgIpc) is 1.86. The Kier molecular flexibility index (Phi) is 12.9. The van der Waals surface area contributed by atoms with Gasteiger partial charge in [0, 0.05) is 5.75 Å². The molecule has 0 spiro atoms. The van der Waals surface area contributed by atoms with Gasteiger partial charge in [0.05, 0.1) is 5.75 Å². The third-order valence-corrected chi connectivity index (χ3v) is 1.89. The van der Waals surface area contributed by atoms with E-state index in [2.05, 4.69) is 0 Å². The quantitative estimate of drug-likeness (QED) is 0.434. The number of hydrogen-bond donors (Lipinski definition) is 4. The Morgan fingerprint density at radius 2 is 1.85 bits per heavy atom. The molecule has 0 heterocycles. The highest BCUT2D eigenvalue weighted by Gasteiger charge is 2.11. The zero-order valence-electron chi connectivity index (χ0n) is 6.90. The Balaban J connectivity index is -0.000000500. The van der Waals surface area contributed by atoms with Crippen LogP contribution in [0.15, 0.2) is 0 Å². The van der Waals surface area contributed by atoms with E-state index >= 15 is 0 Å². The van der Waals surface area contributed by atoms with E-state index in [9.17, 15) is 9.59 Å². The van der Waals surface area contributed by atoms with E-state index in [0.29, 0.717) is 0 Å². The van der Waals surface area contributed by atoms with Gasteiger partial charge >= 0.3 is 11.9 Å². The summed E-state index contributed by atoms with van der Waals surface area (Å²) in [6, 6.07) is -0.973. The highest BCUT2D eigenvalue weighted by molar-refractivity contribution is 8.00. The van der Waals surface area contributed by atoms with Crippen molar-refractivity contribution in [1.29, 1.82) is 0 Å². The number of nitrogens with two attached hydrogens (primary N) is 1. The van der Waals surface area contributed by atoms with Gasteiger partial charge in [-0.25, -0.2) is 0 Å². The van der Waals surface area contributed by atoms with E-state index < -0.39 is 18.0 Å². The molecular formula is C5H14N2O5S. The lowest BCUT2D eigenvalue weighted by molar-refractivity contribution is -0.138. The Bertz CT molecular complexity index is 165. The van der Waals surface area contributed by atoms with Crippen molar-refractivity contribution in [3.05, 3.63) is 0 Å². The second kappa shape index (κ2) is 9.26. The molecule has 0 aromatic carbocycles. The van der Waals surface area contributed by atoms with Crippen LogP contribution in [0, 0.1) is 0 Å². The zero-order valence-corrected chi connectivity index (χ0v) is 7.71. The molecular weight excluding hydrogens is 200 g/mol. The van der Waals surface area contributed by atoms with Crippen molar-refractivity contribution in [2.45, 2.75) is 6.04 Å². The van der Waals surface area contributed by atoms with Crippen LogP contribution in [0.4, 0.5) is 0 Å². The second-order valence-corrected chi connectivity index (χ2v) is 2.88. The highest BCUT2D eigenvalue weighted by Crippen LogP contribution is 2.00. The van der Waals surface area contributed by atoms with Gasteiger partial charge in [0.25, 0.3) is 0 Å². The van der Waals surface area contributed by atoms with Gasteiger partial charge in [0.15, 0.2) is 0 Å². The van der Waals surface area contributed by atoms with Crippen molar-refractivity contribution in [1.82, 2.24) is 6.15 Å². The van der Waals surface area contributed by atoms with Gasteiger partial charge in [0.2, 0.25) is 0 Å². The Labute approximate surface area is 79.2 Å². The number of rotatable bonds is 5. The lowest BCUT2D eigenvalue weighted by Crippen LogP contribution is -2.32. The molecule has 7 nitrogen and oxygen atoms in total. The van der Waals surface area contributed by atoms with Gasteiger partial charge < -0.3 is 27.6 Å². The van der Waals surface area contributed by atoms with Gasteiger partial charge in [-0.3, -0.25) is 9.59 Å². The third kappa shape index (κ3) is 11.2. The summed E-state index contributed by atoms with van der Waals surface area (Å²) < 4.78 is 0. The summed E-state index contributed by atoms with van der Waals surface area (Å²) in [5.74, 6) is -2.06. The SMILES string of the molecule is N.NC(CSCC(=O)O)C(=O)O.O. The van der Waals surface area contributed by atoms with Crippen LogP contribution in [0.2, 0.25) is 0 Å². The van der Waals surface area contributed by atoms with E-state index in [4.69, 9.17) is 15.9 Å². The molecule has 0 rings (SSSR count). The molecule has 0 bridgehead atoms. The fourth-order valence-corrected chi connectivity index (χ4v) is 1.03. The van der Waals surface area contributed by atoms with Crippen molar-refractivity contribution >= 4 is 23.7 Å². The average molecular weight is 214 g/mol. The first kappa shape index (κ1) is 18.1. The van der Waals surface area contributed by atoms with Crippen LogP contribution >= 0.6 is 11.8 Å².